The molecule has 0 aromatic heterocycles. The van der Waals surface area contributed by atoms with Gasteiger partial charge in [0.2, 0.25) is 0 Å². The number of nitro groups is 1. The van der Waals surface area contributed by atoms with Crippen molar-refractivity contribution >= 4 is 39.4 Å². The lowest BCUT2D eigenvalue weighted by Gasteiger charge is -2.26. The number of hydrogen-bond acceptors (Lipinski definition) is 7. The number of carboxylic acids is 1. The normalized spacial score (nSPS) is 20.4. The molecule has 0 saturated carbocycles. The van der Waals surface area contributed by atoms with Crippen molar-refractivity contribution in [3.63, 3.8) is 0 Å². The molecule has 1 fully saturated rings. The molecule has 1 aliphatic rings. The topological polar surface area (TPSA) is 159 Å². The van der Waals surface area contributed by atoms with Crippen molar-refractivity contribution in [2.75, 3.05) is 0 Å². The Kier molecular flexibility index (Phi) is 6.04. The molecule has 0 spiro atoms. The molecule has 1 amide bonds. The van der Waals surface area contributed by atoms with Crippen molar-refractivity contribution in [2.45, 2.75) is 32.6 Å². The van der Waals surface area contributed by atoms with Crippen LogP contribution in [0.25, 0.3) is 0 Å². The molecule has 0 aliphatic carbocycles. The number of halogens is 1. The standard InChI is InChI=1S/C14H17ClN4O7S/c1-7(2)11(14(21)22)16-12-13(20)17-27(25,26)18(12)6-8-3-4-9(15)10(5-8)19(23)24/h3-5,7,11-12,16H,6H2,1-2H3,(H,17,20)(H,21,22)/t11-,12+/m0/s1. The summed E-state index contributed by atoms with van der Waals surface area (Å²) in [5.41, 5.74) is -0.213. The number of carboxylic acid groups (broad SMARTS) is 1. The van der Waals surface area contributed by atoms with Crippen molar-refractivity contribution in [3.05, 3.63) is 38.9 Å². The molecule has 1 heterocycles. The molecule has 1 aromatic carbocycles. The van der Waals surface area contributed by atoms with E-state index in [2.05, 4.69) is 5.32 Å². The summed E-state index contributed by atoms with van der Waals surface area (Å²) in [7, 11) is -4.25. The van der Waals surface area contributed by atoms with Crippen molar-refractivity contribution in [3.8, 4) is 0 Å². The fraction of sp³-hybridized carbons (Fsp3) is 0.429. The van der Waals surface area contributed by atoms with Crippen LogP contribution in [0, 0.1) is 16.0 Å². The molecular weight excluding hydrogens is 404 g/mol. The Bertz CT molecular complexity index is 889. The van der Waals surface area contributed by atoms with E-state index in [0.717, 1.165) is 6.07 Å². The number of hydrogen-bond donors (Lipinski definition) is 3. The minimum absolute atomic E-state index is 0.123. The summed E-state index contributed by atoms with van der Waals surface area (Å²) >= 11 is 5.74. The number of amides is 1. The molecule has 1 aromatic rings. The van der Waals surface area contributed by atoms with Crippen molar-refractivity contribution in [2.24, 2.45) is 5.92 Å². The molecule has 0 unspecified atom stereocenters. The lowest BCUT2D eigenvalue weighted by atomic mass is 10.0. The van der Waals surface area contributed by atoms with Gasteiger partial charge in [-0.05, 0) is 17.5 Å². The highest BCUT2D eigenvalue weighted by molar-refractivity contribution is 7.88. The molecule has 2 atom stereocenters. The minimum atomic E-state index is -4.25. The van der Waals surface area contributed by atoms with Crippen LogP contribution >= 0.6 is 11.6 Å². The molecule has 0 bridgehead atoms. The number of carbonyl (C=O) groups excluding carboxylic acids is 1. The molecule has 2 rings (SSSR count). The van der Waals surface area contributed by atoms with Gasteiger partial charge in [0.15, 0.2) is 6.17 Å². The zero-order valence-corrected chi connectivity index (χ0v) is 15.8. The van der Waals surface area contributed by atoms with Crippen LogP contribution in [0.4, 0.5) is 5.69 Å². The number of aliphatic carboxylic acids is 1. The van der Waals surface area contributed by atoms with Gasteiger partial charge >= 0.3 is 16.2 Å². The molecule has 1 saturated heterocycles. The van der Waals surface area contributed by atoms with Gasteiger partial charge in [-0.25, -0.2) is 4.72 Å². The summed E-state index contributed by atoms with van der Waals surface area (Å²) in [6.07, 6.45) is -1.48. The maximum Gasteiger partial charge on any atom is 0.321 e. The maximum atomic E-state index is 12.2. The Morgan fingerprint density at radius 1 is 1.48 bits per heavy atom. The first kappa shape index (κ1) is 21.0. The third kappa shape index (κ3) is 4.53. The van der Waals surface area contributed by atoms with Crippen LogP contribution in [0.5, 0.6) is 0 Å². The van der Waals surface area contributed by atoms with E-state index >= 15 is 0 Å². The van der Waals surface area contributed by atoms with E-state index in [0.29, 0.717) is 4.31 Å². The van der Waals surface area contributed by atoms with E-state index in [-0.39, 0.29) is 10.6 Å². The van der Waals surface area contributed by atoms with Crippen LogP contribution in [0.2, 0.25) is 5.02 Å². The van der Waals surface area contributed by atoms with Gasteiger partial charge in [-0.15, -0.1) is 0 Å². The number of nitrogens with zero attached hydrogens (tertiary/aromatic N) is 2. The molecule has 3 N–H and O–H groups in total. The van der Waals surface area contributed by atoms with Crippen LogP contribution < -0.4 is 10.0 Å². The van der Waals surface area contributed by atoms with E-state index in [4.69, 9.17) is 11.6 Å². The first-order chi connectivity index (χ1) is 12.4. The molecule has 148 valence electrons. The highest BCUT2D eigenvalue weighted by atomic mass is 35.5. The second kappa shape index (κ2) is 7.76. The molecule has 0 radical (unpaired) electrons. The summed E-state index contributed by atoms with van der Waals surface area (Å²) < 4.78 is 27.0. The van der Waals surface area contributed by atoms with E-state index in [1.807, 2.05) is 0 Å². The SMILES string of the molecule is CC(C)[C@H](N[C@H]1C(=O)NS(=O)(=O)N1Cc1ccc(Cl)c([N+](=O)[O-])c1)C(=O)O. The van der Waals surface area contributed by atoms with Crippen LogP contribution in [0.15, 0.2) is 18.2 Å². The Hall–Kier alpha value is -2.28. The van der Waals surface area contributed by atoms with Gasteiger partial charge < -0.3 is 5.11 Å². The quantitative estimate of drug-likeness (QED) is 0.423. The summed E-state index contributed by atoms with van der Waals surface area (Å²) in [6.45, 7) is 2.79. The fourth-order valence-corrected chi connectivity index (χ4v) is 3.96. The monoisotopic (exact) mass is 420 g/mol. The second-order valence-corrected chi connectivity index (χ2v) is 8.22. The molecular formula is C14H17ClN4O7S. The lowest BCUT2D eigenvalue weighted by Crippen LogP contribution is -2.54. The second-order valence-electron chi connectivity index (χ2n) is 6.19. The number of nitro benzene ring substituents is 1. The Morgan fingerprint density at radius 2 is 2.11 bits per heavy atom. The van der Waals surface area contributed by atoms with Gasteiger partial charge in [0.05, 0.1) is 4.92 Å². The van der Waals surface area contributed by atoms with E-state index in [1.165, 1.54) is 12.1 Å². The predicted octanol–water partition coefficient (Wildman–Crippen LogP) is 0.450. The Balaban J connectivity index is 2.36. The van der Waals surface area contributed by atoms with Gasteiger partial charge in [0.25, 0.3) is 11.6 Å². The van der Waals surface area contributed by atoms with Crippen molar-refractivity contribution in [1.29, 1.82) is 0 Å². The number of carbonyl (C=O) groups is 2. The zero-order chi connectivity index (χ0) is 20.5. The van der Waals surface area contributed by atoms with Crippen molar-refractivity contribution < 1.29 is 28.0 Å². The summed E-state index contributed by atoms with van der Waals surface area (Å²) in [5.74, 6) is -2.62. The number of nitrogens with one attached hydrogen (secondary N) is 2. The first-order valence-corrected chi connectivity index (χ1v) is 9.51. The number of rotatable bonds is 7. The van der Waals surface area contributed by atoms with Gasteiger partial charge in [-0.2, -0.15) is 12.7 Å². The van der Waals surface area contributed by atoms with Crippen LogP contribution in [0.3, 0.4) is 0 Å². The predicted molar refractivity (Wildman–Crippen MR) is 93.9 cm³/mol. The van der Waals surface area contributed by atoms with Crippen molar-refractivity contribution in [1.82, 2.24) is 14.3 Å². The van der Waals surface area contributed by atoms with Gasteiger partial charge in [0.1, 0.15) is 11.1 Å². The Morgan fingerprint density at radius 3 is 2.63 bits per heavy atom. The summed E-state index contributed by atoms with van der Waals surface area (Å²) in [5, 5.41) is 22.7. The van der Waals surface area contributed by atoms with Gasteiger partial charge in [0, 0.05) is 12.6 Å². The zero-order valence-electron chi connectivity index (χ0n) is 14.2. The average molecular weight is 421 g/mol. The Labute approximate surface area is 159 Å². The third-order valence-electron chi connectivity index (χ3n) is 3.89. The lowest BCUT2D eigenvalue weighted by molar-refractivity contribution is -0.384. The van der Waals surface area contributed by atoms with E-state index < -0.39 is 57.4 Å². The average Bonchev–Trinajstić information content (AvgIpc) is 2.74. The van der Waals surface area contributed by atoms with Crippen LogP contribution in [-0.2, 0) is 26.3 Å². The number of benzene rings is 1. The molecule has 13 heteroatoms. The molecule has 11 nitrogen and oxygen atoms in total. The fourth-order valence-electron chi connectivity index (χ4n) is 2.54. The summed E-state index contributed by atoms with van der Waals surface area (Å²) in [6, 6.07) is 2.52. The van der Waals surface area contributed by atoms with E-state index in [1.54, 1.807) is 18.6 Å². The third-order valence-corrected chi connectivity index (χ3v) is 5.63. The van der Waals surface area contributed by atoms with E-state index in [9.17, 15) is 33.2 Å². The smallest absolute Gasteiger partial charge is 0.321 e. The first-order valence-electron chi connectivity index (χ1n) is 7.69. The summed E-state index contributed by atoms with van der Waals surface area (Å²) in [4.78, 5) is 33.7. The highest BCUT2D eigenvalue weighted by Crippen LogP contribution is 2.27. The van der Waals surface area contributed by atoms with Gasteiger partial charge in [-0.3, -0.25) is 25.0 Å². The molecule has 27 heavy (non-hydrogen) atoms. The van der Waals surface area contributed by atoms with Crippen LogP contribution in [0.1, 0.15) is 19.4 Å². The van der Waals surface area contributed by atoms with Gasteiger partial charge in [-0.1, -0.05) is 31.5 Å². The minimum Gasteiger partial charge on any atom is -0.480 e. The maximum absolute atomic E-state index is 12.2. The highest BCUT2D eigenvalue weighted by Gasteiger charge is 2.45. The largest absolute Gasteiger partial charge is 0.480 e. The van der Waals surface area contributed by atoms with Crippen LogP contribution in [-0.4, -0.2) is 46.8 Å². The molecule has 1 aliphatic heterocycles.